The molecule has 0 fully saturated rings. The molecule has 0 saturated carbocycles. The quantitative estimate of drug-likeness (QED) is 0.166. The molecule has 0 unspecified atom stereocenters. The van der Waals surface area contributed by atoms with Crippen LogP contribution in [0.15, 0.2) is 94.2 Å². The molecule has 7 nitrogen and oxygen atoms in total. The lowest BCUT2D eigenvalue weighted by Gasteiger charge is -2.31. The summed E-state index contributed by atoms with van der Waals surface area (Å²) in [6.07, 6.45) is 3.50. The van der Waals surface area contributed by atoms with Crippen LogP contribution in [0, 0.1) is 9.39 Å². The largest absolute Gasteiger partial charge is 0.493 e. The van der Waals surface area contributed by atoms with Crippen molar-refractivity contribution in [3.8, 4) is 23.0 Å². The molecule has 0 bridgehead atoms. The number of aromatic nitrogens is 1. The van der Waals surface area contributed by atoms with Gasteiger partial charge in [0, 0.05) is 11.1 Å². The molecule has 1 aliphatic carbocycles. The van der Waals surface area contributed by atoms with Gasteiger partial charge in [0.25, 0.3) is 5.56 Å². The maximum atomic E-state index is 14.3. The van der Waals surface area contributed by atoms with Crippen molar-refractivity contribution in [2.45, 2.75) is 25.5 Å². The summed E-state index contributed by atoms with van der Waals surface area (Å²) in [5.74, 6) is 1.89. The average molecular weight is 761 g/mol. The summed E-state index contributed by atoms with van der Waals surface area (Å²) in [6.45, 7) is 0.0565. The first kappa shape index (κ1) is 31.2. The summed E-state index contributed by atoms with van der Waals surface area (Å²) < 4.78 is 40.2. The molecular weight excluding hydrogens is 730 g/mol. The maximum absolute atomic E-state index is 14.3. The average Bonchev–Trinajstić information content (AvgIpc) is 3.40. The number of thiazole rings is 1. The SMILES string of the molecule is COc1ccc([C@@H]2C3=C(N=c4s/c(=C\c5cc(I)c(OCc6ccccc6F)c(OC)c5)c(=O)n42)c2ccccc2CC3)cc1OC. The van der Waals surface area contributed by atoms with E-state index in [9.17, 15) is 9.18 Å². The van der Waals surface area contributed by atoms with Gasteiger partial charge in [-0.25, -0.2) is 9.38 Å². The molecule has 0 radical (unpaired) electrons. The first-order valence-corrected chi connectivity index (χ1v) is 16.9. The highest BCUT2D eigenvalue weighted by Crippen LogP contribution is 2.43. The fraction of sp³-hybridized carbons (Fsp3) is 0.189. The third-order valence-electron chi connectivity index (χ3n) is 8.48. The fourth-order valence-corrected chi connectivity index (χ4v) is 8.01. The summed E-state index contributed by atoms with van der Waals surface area (Å²) >= 11 is 3.53. The first-order chi connectivity index (χ1) is 22.9. The number of hydrogen-bond donors (Lipinski definition) is 0. The van der Waals surface area contributed by atoms with Gasteiger partial charge in [-0.15, -0.1) is 0 Å². The third kappa shape index (κ3) is 5.73. The van der Waals surface area contributed by atoms with E-state index in [-0.39, 0.29) is 24.0 Å². The number of rotatable bonds is 8. The van der Waals surface area contributed by atoms with Crippen molar-refractivity contribution in [3.05, 3.63) is 141 Å². The Morgan fingerprint density at radius 3 is 2.49 bits per heavy atom. The molecule has 5 aromatic rings. The lowest BCUT2D eigenvalue weighted by Crippen LogP contribution is -2.38. The van der Waals surface area contributed by atoms with E-state index in [1.165, 1.54) is 23.0 Å². The molecule has 0 N–H and O–H groups in total. The summed E-state index contributed by atoms with van der Waals surface area (Å²) in [7, 11) is 4.78. The van der Waals surface area contributed by atoms with Gasteiger partial charge in [0.05, 0.1) is 41.2 Å². The summed E-state index contributed by atoms with van der Waals surface area (Å²) in [5, 5.41) is 0. The summed E-state index contributed by atoms with van der Waals surface area (Å²) in [5.41, 5.74) is 6.38. The number of allylic oxidation sites excluding steroid dienone is 1. The number of ether oxygens (including phenoxy) is 4. The minimum Gasteiger partial charge on any atom is -0.493 e. The predicted octanol–water partition coefficient (Wildman–Crippen LogP) is 6.67. The second-order valence-corrected chi connectivity index (χ2v) is 13.3. The molecule has 47 heavy (non-hydrogen) atoms. The van der Waals surface area contributed by atoms with Gasteiger partial charge in [0.2, 0.25) is 0 Å². The van der Waals surface area contributed by atoms with Gasteiger partial charge in [0.1, 0.15) is 12.4 Å². The van der Waals surface area contributed by atoms with Crippen LogP contribution in [-0.4, -0.2) is 25.9 Å². The number of nitrogens with zero attached hydrogens (tertiary/aromatic N) is 2. The van der Waals surface area contributed by atoms with Crippen molar-refractivity contribution >= 4 is 45.7 Å². The van der Waals surface area contributed by atoms with Crippen LogP contribution in [0.25, 0.3) is 11.8 Å². The number of fused-ring (bicyclic) bond motifs is 3. The van der Waals surface area contributed by atoms with E-state index in [1.807, 2.05) is 42.5 Å². The van der Waals surface area contributed by atoms with E-state index in [0.29, 0.717) is 37.9 Å². The van der Waals surface area contributed by atoms with Crippen LogP contribution in [0.3, 0.4) is 0 Å². The van der Waals surface area contributed by atoms with Crippen LogP contribution >= 0.6 is 33.9 Å². The standard InChI is InChI=1S/C37H30FIN2O5S/c1-43-29-15-13-23(19-30(29)44-2)34-26-14-12-22-8-4-6-10-25(22)33(26)40-37-41(34)36(42)32(47-37)18-21-16-28(39)35(31(17-21)45-3)46-20-24-9-5-7-11-27(24)38/h4-11,13,15-19,34H,12,14,20H2,1-3H3/b32-18-/t34-/m1/s1. The van der Waals surface area contributed by atoms with Crippen LogP contribution in [0.5, 0.6) is 23.0 Å². The monoisotopic (exact) mass is 760 g/mol. The van der Waals surface area contributed by atoms with Crippen LogP contribution in [-0.2, 0) is 13.0 Å². The second-order valence-electron chi connectivity index (χ2n) is 11.1. The molecule has 10 heteroatoms. The lowest BCUT2D eigenvalue weighted by molar-refractivity contribution is 0.277. The van der Waals surface area contributed by atoms with Crippen molar-refractivity contribution in [1.29, 1.82) is 0 Å². The summed E-state index contributed by atoms with van der Waals surface area (Å²) in [4.78, 5) is 20.1. The Balaban J connectivity index is 1.35. The van der Waals surface area contributed by atoms with E-state index < -0.39 is 0 Å². The van der Waals surface area contributed by atoms with Crippen LogP contribution in [0.4, 0.5) is 4.39 Å². The van der Waals surface area contributed by atoms with Gasteiger partial charge in [0.15, 0.2) is 27.8 Å². The minimum absolute atomic E-state index is 0.0565. The van der Waals surface area contributed by atoms with Crippen LogP contribution < -0.4 is 33.8 Å². The van der Waals surface area contributed by atoms with Gasteiger partial charge in [-0.05, 0) is 94.1 Å². The zero-order valence-corrected chi connectivity index (χ0v) is 28.9. The molecule has 0 spiro atoms. The molecule has 2 heterocycles. The van der Waals surface area contributed by atoms with Gasteiger partial charge in [-0.2, -0.15) is 0 Å². The minimum atomic E-state index is -0.361. The van der Waals surface area contributed by atoms with E-state index in [2.05, 4.69) is 40.8 Å². The van der Waals surface area contributed by atoms with E-state index in [0.717, 1.165) is 44.4 Å². The molecule has 1 atom stereocenters. The zero-order chi connectivity index (χ0) is 32.7. The van der Waals surface area contributed by atoms with Gasteiger partial charge >= 0.3 is 0 Å². The number of hydrogen-bond acceptors (Lipinski definition) is 7. The van der Waals surface area contributed by atoms with E-state index in [4.69, 9.17) is 23.9 Å². The molecule has 1 aromatic heterocycles. The third-order valence-corrected chi connectivity index (χ3v) is 10.3. The number of aryl methyl sites for hydroxylation is 1. The fourth-order valence-electron chi connectivity index (χ4n) is 6.23. The smallest absolute Gasteiger partial charge is 0.271 e. The Kier molecular flexibility index (Phi) is 8.63. The topological polar surface area (TPSA) is 71.3 Å². The van der Waals surface area contributed by atoms with Crippen LogP contribution in [0.2, 0.25) is 0 Å². The molecule has 4 aromatic carbocycles. The Labute approximate surface area is 288 Å². The molecular formula is C37H30FIN2O5S. The zero-order valence-electron chi connectivity index (χ0n) is 25.9. The van der Waals surface area contributed by atoms with Gasteiger partial charge in [-0.3, -0.25) is 9.36 Å². The van der Waals surface area contributed by atoms with Crippen molar-refractivity contribution in [2.24, 2.45) is 4.99 Å². The van der Waals surface area contributed by atoms with Gasteiger partial charge in [-0.1, -0.05) is 59.9 Å². The van der Waals surface area contributed by atoms with Crippen LogP contribution in [0.1, 0.15) is 40.3 Å². The molecule has 238 valence electrons. The molecule has 1 aliphatic heterocycles. The predicted molar refractivity (Wildman–Crippen MR) is 189 cm³/mol. The lowest BCUT2D eigenvalue weighted by atomic mass is 9.83. The Hall–Kier alpha value is -4.42. The first-order valence-electron chi connectivity index (χ1n) is 15.0. The number of benzene rings is 4. The molecule has 0 amide bonds. The van der Waals surface area contributed by atoms with Crippen molar-refractivity contribution in [3.63, 3.8) is 0 Å². The number of halogens is 2. The van der Waals surface area contributed by atoms with E-state index >= 15 is 0 Å². The normalized spacial score (nSPS) is 15.3. The Morgan fingerprint density at radius 2 is 1.70 bits per heavy atom. The molecule has 7 rings (SSSR count). The molecule has 2 aliphatic rings. The highest BCUT2D eigenvalue weighted by atomic mass is 127. The highest BCUT2D eigenvalue weighted by Gasteiger charge is 2.33. The molecule has 0 saturated heterocycles. The van der Waals surface area contributed by atoms with Crippen molar-refractivity contribution in [1.82, 2.24) is 4.57 Å². The van der Waals surface area contributed by atoms with Crippen molar-refractivity contribution < 1.29 is 23.3 Å². The second kappa shape index (κ2) is 13.0. The Bertz CT molecular complexity index is 2240. The maximum Gasteiger partial charge on any atom is 0.271 e. The Morgan fingerprint density at radius 1 is 0.936 bits per heavy atom. The van der Waals surface area contributed by atoms with E-state index in [1.54, 1.807) is 44.1 Å². The number of methoxy groups -OCH3 is 3. The summed E-state index contributed by atoms with van der Waals surface area (Å²) in [6, 6.07) is 24.1. The van der Waals surface area contributed by atoms with Gasteiger partial charge < -0.3 is 18.9 Å². The highest BCUT2D eigenvalue weighted by molar-refractivity contribution is 14.1. The van der Waals surface area contributed by atoms with Crippen molar-refractivity contribution in [2.75, 3.05) is 21.3 Å².